The third kappa shape index (κ3) is 9.88. The Morgan fingerprint density at radius 3 is 1.24 bits per heavy atom. The lowest BCUT2D eigenvalue weighted by Gasteiger charge is -2.28. The van der Waals surface area contributed by atoms with E-state index < -0.39 is 46.5 Å². The van der Waals surface area contributed by atoms with E-state index in [1.165, 1.54) is 13.8 Å². The van der Waals surface area contributed by atoms with Gasteiger partial charge in [-0.15, -0.1) is 0 Å². The zero-order chi connectivity index (χ0) is 38.0. The largest absolute Gasteiger partial charge is 0.507 e. The molecule has 2 N–H and O–H groups in total. The fourth-order valence-electron chi connectivity index (χ4n) is 5.73. The molecule has 0 aromatic heterocycles. The lowest BCUT2D eigenvalue weighted by atomic mass is 9.74. The number of aliphatic hydroxyl groups excluding tert-OH is 2. The number of hydrogen-bond acceptors (Lipinski definition) is 10. The summed E-state index contributed by atoms with van der Waals surface area (Å²) in [6.07, 6.45) is 6.73. The molecule has 0 fully saturated rings. The van der Waals surface area contributed by atoms with Gasteiger partial charge in [-0.3, -0.25) is 28.8 Å². The highest BCUT2D eigenvalue weighted by Gasteiger charge is 2.42. The van der Waals surface area contributed by atoms with Gasteiger partial charge in [-0.25, -0.2) is 0 Å². The number of ketones is 4. The van der Waals surface area contributed by atoms with Crippen LogP contribution >= 0.6 is 0 Å². The molecule has 0 aromatic rings. The third-order valence-electron chi connectivity index (χ3n) is 9.65. The number of rotatable bonds is 17. The van der Waals surface area contributed by atoms with Crippen LogP contribution in [0, 0.1) is 23.7 Å². The number of Topliss-reactive ketones (excluding diaryl/α,β-unsaturated/α-hetero) is 4. The molecule has 10 nitrogen and oxygen atoms in total. The van der Waals surface area contributed by atoms with Crippen molar-refractivity contribution >= 4 is 35.1 Å². The second-order valence-corrected chi connectivity index (χ2v) is 13.7. The molecule has 0 spiro atoms. The minimum atomic E-state index is -0.870. The minimum Gasteiger partial charge on any atom is -0.507 e. The Labute approximate surface area is 296 Å². The molecule has 2 aliphatic rings. The molecule has 0 bridgehead atoms. The molecule has 2 rings (SSSR count). The molecule has 0 radical (unpaired) electrons. The summed E-state index contributed by atoms with van der Waals surface area (Å²) >= 11 is 0. The van der Waals surface area contributed by atoms with Crippen LogP contribution in [0.2, 0.25) is 0 Å². The van der Waals surface area contributed by atoms with Gasteiger partial charge in [0.25, 0.3) is 0 Å². The van der Waals surface area contributed by atoms with Crippen molar-refractivity contribution in [2.24, 2.45) is 23.7 Å². The maximum atomic E-state index is 13.3. The average molecular weight is 695 g/mol. The third-order valence-corrected chi connectivity index (χ3v) is 9.65. The molecule has 0 heterocycles. The molecule has 0 amide bonds. The van der Waals surface area contributed by atoms with E-state index >= 15 is 0 Å². The van der Waals surface area contributed by atoms with E-state index in [1.54, 1.807) is 27.7 Å². The van der Waals surface area contributed by atoms with Crippen molar-refractivity contribution in [2.75, 3.05) is 13.2 Å². The first kappa shape index (κ1) is 41.8. The standard InChI is InChI=1S/C40H54O10/c1-11-23(5)39(47)49-19-21(3)15-13-17-25(7)29-35(43)31(27(9)33(41)37(29)45)32-28(10)34(42)38(46)30(36(32)44)26(8)18-14-16-22(4)20-50-40(48)24(6)12-2/h15-16,23-26,43-44H,11-14,17-20H2,1-10H3/b21-15+,22-16+/t23?,24?,25-,26-/m0/s1. The average Bonchev–Trinajstić information content (AvgIpc) is 3.08. The predicted molar refractivity (Wildman–Crippen MR) is 190 cm³/mol. The lowest BCUT2D eigenvalue weighted by molar-refractivity contribution is -0.147. The van der Waals surface area contributed by atoms with Gasteiger partial charge in [-0.05, 0) is 89.2 Å². The van der Waals surface area contributed by atoms with E-state index in [4.69, 9.17) is 9.47 Å². The van der Waals surface area contributed by atoms with Gasteiger partial charge in [0.15, 0.2) is 0 Å². The van der Waals surface area contributed by atoms with E-state index in [0.717, 1.165) is 11.1 Å². The number of ether oxygens (including phenoxy) is 2. The van der Waals surface area contributed by atoms with Gasteiger partial charge >= 0.3 is 11.9 Å². The molecule has 4 atom stereocenters. The topological polar surface area (TPSA) is 161 Å². The van der Waals surface area contributed by atoms with Crippen molar-refractivity contribution < 1.29 is 48.5 Å². The van der Waals surface area contributed by atoms with E-state index in [1.807, 2.05) is 39.8 Å². The summed E-state index contributed by atoms with van der Waals surface area (Å²) < 4.78 is 10.7. The molecule has 0 aliphatic heterocycles. The van der Waals surface area contributed by atoms with Crippen LogP contribution in [0.3, 0.4) is 0 Å². The first-order valence-corrected chi connectivity index (χ1v) is 17.5. The van der Waals surface area contributed by atoms with Gasteiger partial charge < -0.3 is 19.7 Å². The lowest BCUT2D eigenvalue weighted by Crippen LogP contribution is -2.33. The Bertz CT molecular complexity index is 1470. The first-order valence-electron chi connectivity index (χ1n) is 17.5. The van der Waals surface area contributed by atoms with E-state index in [9.17, 15) is 39.0 Å². The number of allylic oxidation sites excluding steroid dienone is 8. The zero-order valence-electron chi connectivity index (χ0n) is 31.3. The van der Waals surface area contributed by atoms with Gasteiger partial charge in [0.05, 0.1) is 11.8 Å². The summed E-state index contributed by atoms with van der Waals surface area (Å²) in [7, 11) is 0. The van der Waals surface area contributed by atoms with Crippen LogP contribution in [0.5, 0.6) is 0 Å². The van der Waals surface area contributed by atoms with E-state index in [0.29, 0.717) is 38.5 Å². The first-order chi connectivity index (χ1) is 23.4. The summed E-state index contributed by atoms with van der Waals surface area (Å²) in [5.74, 6) is -6.65. The van der Waals surface area contributed by atoms with Crippen molar-refractivity contribution in [2.45, 2.75) is 108 Å². The summed E-state index contributed by atoms with van der Waals surface area (Å²) in [6, 6.07) is 0. The molecular formula is C40H54O10. The Morgan fingerprint density at radius 1 is 0.620 bits per heavy atom. The molecule has 0 saturated heterocycles. The molecule has 50 heavy (non-hydrogen) atoms. The Balaban J connectivity index is 2.36. The predicted octanol–water partition coefficient (Wildman–Crippen LogP) is 7.45. The summed E-state index contributed by atoms with van der Waals surface area (Å²) in [6.45, 7) is 17.4. The van der Waals surface area contributed by atoms with Crippen molar-refractivity contribution in [3.05, 3.63) is 68.3 Å². The molecule has 2 aliphatic carbocycles. The normalized spacial score (nSPS) is 18.9. The summed E-state index contributed by atoms with van der Waals surface area (Å²) in [5, 5.41) is 23.1. The maximum Gasteiger partial charge on any atom is 0.308 e. The number of carbonyl (C=O) groups is 6. The van der Waals surface area contributed by atoms with E-state index in [2.05, 4.69) is 0 Å². The Morgan fingerprint density at radius 2 is 0.940 bits per heavy atom. The molecule has 10 heteroatoms. The maximum absolute atomic E-state index is 13.3. The minimum absolute atomic E-state index is 0.130. The smallest absolute Gasteiger partial charge is 0.308 e. The Kier molecular flexibility index (Phi) is 15.6. The fourth-order valence-corrected chi connectivity index (χ4v) is 5.73. The number of esters is 2. The van der Waals surface area contributed by atoms with Crippen molar-refractivity contribution in [1.29, 1.82) is 0 Å². The van der Waals surface area contributed by atoms with Crippen molar-refractivity contribution in [1.82, 2.24) is 0 Å². The van der Waals surface area contributed by atoms with Gasteiger partial charge in [0, 0.05) is 33.4 Å². The molecule has 0 saturated carbocycles. The SMILES string of the molecule is CCC(C)C(=O)OC/C(C)=C/CC[C@H](C)C1=C(O)C(C2=C(C)C(=O)C(=O)C([C@@H](C)CC/C=C(\C)COC(=O)C(C)CC)=C2O)=C(C)C(=O)C1=O. The fraction of sp³-hybridized carbons (Fsp3) is 0.550. The van der Waals surface area contributed by atoms with E-state index in [-0.39, 0.29) is 70.4 Å². The van der Waals surface area contributed by atoms with Gasteiger partial charge in [-0.1, -0.05) is 53.7 Å². The van der Waals surface area contributed by atoms with Gasteiger partial charge in [0.2, 0.25) is 23.1 Å². The van der Waals surface area contributed by atoms with Crippen LogP contribution in [-0.4, -0.2) is 58.5 Å². The van der Waals surface area contributed by atoms with Crippen molar-refractivity contribution in [3.63, 3.8) is 0 Å². The van der Waals surface area contributed by atoms with Crippen LogP contribution in [-0.2, 0) is 38.2 Å². The summed E-state index contributed by atoms with van der Waals surface area (Å²) in [4.78, 5) is 77.0. The van der Waals surface area contributed by atoms with Gasteiger partial charge in [0.1, 0.15) is 24.7 Å². The molecule has 0 aromatic carbocycles. The van der Waals surface area contributed by atoms with Gasteiger partial charge in [-0.2, -0.15) is 0 Å². The number of aliphatic hydroxyl groups is 2. The zero-order valence-corrected chi connectivity index (χ0v) is 31.3. The Hall–Kier alpha value is -4.34. The van der Waals surface area contributed by atoms with Crippen LogP contribution in [0.4, 0.5) is 0 Å². The van der Waals surface area contributed by atoms with Crippen LogP contribution in [0.1, 0.15) is 108 Å². The number of hydrogen-bond donors (Lipinski definition) is 2. The highest BCUT2D eigenvalue weighted by Crippen LogP contribution is 2.42. The highest BCUT2D eigenvalue weighted by atomic mass is 16.5. The second kappa shape index (κ2) is 18.6. The quantitative estimate of drug-likeness (QED) is 0.0677. The monoisotopic (exact) mass is 694 g/mol. The van der Waals surface area contributed by atoms with Crippen LogP contribution < -0.4 is 0 Å². The molecule has 2 unspecified atom stereocenters. The highest BCUT2D eigenvalue weighted by molar-refractivity contribution is 6.52. The number of carbonyl (C=O) groups excluding carboxylic acids is 6. The van der Waals surface area contributed by atoms with Crippen molar-refractivity contribution in [3.8, 4) is 0 Å². The summed E-state index contributed by atoms with van der Waals surface area (Å²) in [5.41, 5.74) is 0.809. The second-order valence-electron chi connectivity index (χ2n) is 13.7. The molecule has 274 valence electrons. The van der Waals surface area contributed by atoms with Crippen LogP contribution in [0.15, 0.2) is 68.3 Å². The molecular weight excluding hydrogens is 640 g/mol. The van der Waals surface area contributed by atoms with Crippen LogP contribution in [0.25, 0.3) is 0 Å².